The maximum absolute atomic E-state index is 6.35. The van der Waals surface area contributed by atoms with E-state index < -0.39 is 0 Å². The van der Waals surface area contributed by atoms with Crippen LogP contribution in [0, 0.1) is 0 Å². The minimum atomic E-state index is 0.0687. The van der Waals surface area contributed by atoms with E-state index in [0.29, 0.717) is 16.8 Å². The fourth-order valence-corrected chi connectivity index (χ4v) is 2.14. The Kier molecular flexibility index (Phi) is 4.69. The van der Waals surface area contributed by atoms with Crippen LogP contribution in [0.15, 0.2) is 24.5 Å². The molecule has 0 saturated carbocycles. The van der Waals surface area contributed by atoms with E-state index in [4.69, 9.17) is 11.6 Å². The summed E-state index contributed by atoms with van der Waals surface area (Å²) in [5, 5.41) is 8.55. The minimum absolute atomic E-state index is 0.0687. The van der Waals surface area contributed by atoms with E-state index in [-0.39, 0.29) is 5.54 Å². The van der Waals surface area contributed by atoms with Crippen LogP contribution in [0.1, 0.15) is 51.8 Å². The van der Waals surface area contributed by atoms with Gasteiger partial charge in [-0.3, -0.25) is 0 Å². The van der Waals surface area contributed by atoms with Crippen LogP contribution in [0.2, 0.25) is 5.02 Å². The maximum Gasteiger partial charge on any atom is 0.172 e. The Labute approximate surface area is 131 Å². The zero-order valence-corrected chi connectivity index (χ0v) is 14.1. The van der Waals surface area contributed by atoms with Crippen molar-refractivity contribution in [1.29, 1.82) is 0 Å². The molecule has 0 atom stereocenters. The van der Waals surface area contributed by atoms with Crippen LogP contribution in [-0.4, -0.2) is 20.3 Å². The molecule has 4 nitrogen and oxygen atoms in total. The van der Waals surface area contributed by atoms with Crippen LogP contribution in [0.25, 0.3) is 5.82 Å². The molecule has 1 N–H and O–H groups in total. The molecule has 2 heterocycles. The van der Waals surface area contributed by atoms with Crippen molar-refractivity contribution in [3.63, 3.8) is 0 Å². The molecule has 0 aliphatic heterocycles. The number of aromatic nitrogens is 3. The summed E-state index contributed by atoms with van der Waals surface area (Å²) in [5.41, 5.74) is 2.17. The first-order valence-corrected chi connectivity index (χ1v) is 7.59. The van der Waals surface area contributed by atoms with Gasteiger partial charge in [0.05, 0.1) is 10.7 Å². The summed E-state index contributed by atoms with van der Waals surface area (Å²) in [7, 11) is 0. The third kappa shape index (κ3) is 4.29. The normalized spacial score (nSPS) is 12.1. The topological polar surface area (TPSA) is 42.7 Å². The highest BCUT2D eigenvalue weighted by Crippen LogP contribution is 2.20. The van der Waals surface area contributed by atoms with E-state index in [2.05, 4.69) is 50.0 Å². The largest absolute Gasteiger partial charge is 0.308 e. The standard InChI is InChI=1S/C16H23ClN4/c1-11(2)14-6-7-21(20-14)15-13(17)8-12(9-18-15)10-19-16(3,4)5/h6-9,11,19H,10H2,1-5H3. The zero-order valence-electron chi connectivity index (χ0n) is 13.3. The summed E-state index contributed by atoms with van der Waals surface area (Å²) < 4.78 is 1.73. The zero-order chi connectivity index (χ0) is 15.6. The van der Waals surface area contributed by atoms with Crippen molar-refractivity contribution in [1.82, 2.24) is 20.1 Å². The van der Waals surface area contributed by atoms with Crippen molar-refractivity contribution in [2.75, 3.05) is 0 Å². The molecule has 0 aliphatic carbocycles. The quantitative estimate of drug-likeness (QED) is 0.930. The van der Waals surface area contributed by atoms with E-state index in [1.807, 2.05) is 24.5 Å². The number of nitrogens with one attached hydrogen (secondary N) is 1. The number of hydrogen-bond donors (Lipinski definition) is 1. The second kappa shape index (κ2) is 6.16. The molecule has 0 bridgehead atoms. The molecule has 0 aliphatic rings. The van der Waals surface area contributed by atoms with Crippen molar-refractivity contribution in [2.45, 2.75) is 52.6 Å². The highest BCUT2D eigenvalue weighted by Gasteiger charge is 2.12. The summed E-state index contributed by atoms with van der Waals surface area (Å²) in [6, 6.07) is 3.94. The van der Waals surface area contributed by atoms with E-state index in [0.717, 1.165) is 17.8 Å². The smallest absolute Gasteiger partial charge is 0.172 e. The van der Waals surface area contributed by atoms with Gasteiger partial charge >= 0.3 is 0 Å². The predicted molar refractivity (Wildman–Crippen MR) is 87.1 cm³/mol. The van der Waals surface area contributed by atoms with Crippen molar-refractivity contribution >= 4 is 11.6 Å². The van der Waals surface area contributed by atoms with Crippen LogP contribution in [0.3, 0.4) is 0 Å². The molecular weight excluding hydrogens is 284 g/mol. The van der Waals surface area contributed by atoms with Crippen molar-refractivity contribution < 1.29 is 0 Å². The molecule has 0 unspecified atom stereocenters. The molecular formula is C16H23ClN4. The number of halogens is 1. The molecule has 2 rings (SSSR count). The molecule has 5 heteroatoms. The van der Waals surface area contributed by atoms with E-state index in [1.54, 1.807) is 4.68 Å². The first-order chi connectivity index (χ1) is 9.76. The summed E-state index contributed by atoms with van der Waals surface area (Å²) in [5.74, 6) is 1.06. The Hall–Kier alpha value is -1.39. The number of pyridine rings is 1. The lowest BCUT2D eigenvalue weighted by molar-refractivity contribution is 0.424. The lowest BCUT2D eigenvalue weighted by atomic mass is 10.1. The lowest BCUT2D eigenvalue weighted by Gasteiger charge is -2.20. The second-order valence-electron chi connectivity index (χ2n) is 6.59. The molecule has 21 heavy (non-hydrogen) atoms. The summed E-state index contributed by atoms with van der Waals surface area (Å²) in [6.07, 6.45) is 3.74. The Morgan fingerprint density at radius 1 is 1.33 bits per heavy atom. The Bertz CT molecular complexity index is 611. The molecule has 0 amide bonds. The van der Waals surface area contributed by atoms with Crippen LogP contribution in [0.5, 0.6) is 0 Å². The van der Waals surface area contributed by atoms with E-state index in [9.17, 15) is 0 Å². The first-order valence-electron chi connectivity index (χ1n) is 7.21. The second-order valence-corrected chi connectivity index (χ2v) is 7.00. The average Bonchev–Trinajstić information content (AvgIpc) is 2.85. The predicted octanol–water partition coefficient (Wildman–Crippen LogP) is 3.93. The number of hydrogen-bond acceptors (Lipinski definition) is 3. The molecule has 2 aromatic heterocycles. The maximum atomic E-state index is 6.35. The molecule has 0 fully saturated rings. The number of rotatable bonds is 4. The van der Waals surface area contributed by atoms with Crippen LogP contribution in [-0.2, 0) is 6.54 Å². The Morgan fingerprint density at radius 3 is 2.57 bits per heavy atom. The fraction of sp³-hybridized carbons (Fsp3) is 0.500. The highest BCUT2D eigenvalue weighted by atomic mass is 35.5. The molecule has 0 radical (unpaired) electrons. The van der Waals surface area contributed by atoms with Gasteiger partial charge in [-0.1, -0.05) is 25.4 Å². The van der Waals surface area contributed by atoms with Gasteiger partial charge in [-0.15, -0.1) is 0 Å². The average molecular weight is 307 g/mol. The lowest BCUT2D eigenvalue weighted by Crippen LogP contribution is -2.35. The molecule has 0 spiro atoms. The van der Waals surface area contributed by atoms with Gasteiger partial charge in [-0.05, 0) is 44.4 Å². The van der Waals surface area contributed by atoms with Gasteiger partial charge < -0.3 is 5.32 Å². The van der Waals surface area contributed by atoms with Gasteiger partial charge in [-0.2, -0.15) is 5.10 Å². The van der Waals surface area contributed by atoms with E-state index in [1.165, 1.54) is 0 Å². The number of nitrogens with zero attached hydrogens (tertiary/aromatic N) is 3. The fourth-order valence-electron chi connectivity index (χ4n) is 1.87. The first kappa shape index (κ1) is 16.0. The van der Waals surface area contributed by atoms with Gasteiger partial charge in [0, 0.05) is 24.5 Å². The van der Waals surface area contributed by atoms with Gasteiger partial charge in [0.25, 0.3) is 0 Å². The summed E-state index contributed by atoms with van der Waals surface area (Å²) in [4.78, 5) is 4.45. The summed E-state index contributed by atoms with van der Waals surface area (Å²) >= 11 is 6.35. The third-order valence-electron chi connectivity index (χ3n) is 3.12. The van der Waals surface area contributed by atoms with Gasteiger partial charge in [0.2, 0.25) is 0 Å². The molecule has 114 valence electrons. The third-order valence-corrected chi connectivity index (χ3v) is 3.40. The van der Waals surface area contributed by atoms with Crippen molar-refractivity contribution in [3.8, 4) is 5.82 Å². The van der Waals surface area contributed by atoms with Gasteiger partial charge in [-0.25, -0.2) is 9.67 Å². The minimum Gasteiger partial charge on any atom is -0.308 e. The monoisotopic (exact) mass is 306 g/mol. The molecule has 0 saturated heterocycles. The van der Waals surface area contributed by atoms with Crippen molar-refractivity contribution in [3.05, 3.63) is 40.8 Å². The van der Waals surface area contributed by atoms with Crippen LogP contribution >= 0.6 is 11.6 Å². The Morgan fingerprint density at radius 2 is 2.05 bits per heavy atom. The van der Waals surface area contributed by atoms with Crippen molar-refractivity contribution in [2.24, 2.45) is 0 Å². The summed E-state index contributed by atoms with van der Waals surface area (Å²) in [6.45, 7) is 11.4. The molecule has 2 aromatic rings. The van der Waals surface area contributed by atoms with E-state index >= 15 is 0 Å². The molecule has 0 aromatic carbocycles. The van der Waals surface area contributed by atoms with Gasteiger partial charge in [0.15, 0.2) is 5.82 Å². The Balaban J connectivity index is 2.18. The van der Waals surface area contributed by atoms with Crippen LogP contribution < -0.4 is 5.32 Å². The van der Waals surface area contributed by atoms with Gasteiger partial charge in [0.1, 0.15) is 0 Å². The SMILES string of the molecule is CC(C)c1ccn(-c2ncc(CNC(C)(C)C)cc2Cl)n1. The van der Waals surface area contributed by atoms with Crippen LogP contribution in [0.4, 0.5) is 0 Å². The highest BCUT2D eigenvalue weighted by molar-refractivity contribution is 6.32.